The maximum Gasteiger partial charge on any atom is 0.278 e. The number of likely N-dealkylation sites (N-methyl/N-ethyl adjacent to an activating group) is 1. The van der Waals surface area contributed by atoms with Crippen LogP contribution >= 0.6 is 35.3 Å². The maximum absolute atomic E-state index is 13.5. The van der Waals surface area contributed by atoms with Gasteiger partial charge in [-0.1, -0.05) is 42.9 Å². The molecule has 0 N–H and O–H groups in total. The molecule has 0 atom stereocenters. The van der Waals surface area contributed by atoms with Crippen LogP contribution in [0.1, 0.15) is 49.8 Å². The average Bonchev–Trinajstić information content (AvgIpc) is 3.36. The zero-order valence-electron chi connectivity index (χ0n) is 18.1. The van der Waals surface area contributed by atoms with Gasteiger partial charge < -0.3 is 4.90 Å². The molecule has 0 unspecified atom stereocenters. The van der Waals surface area contributed by atoms with E-state index in [0.717, 1.165) is 35.4 Å². The number of benzene rings is 1. The summed E-state index contributed by atoms with van der Waals surface area (Å²) in [6.45, 7) is 13.5. The molecule has 6 nitrogen and oxygen atoms in total. The van der Waals surface area contributed by atoms with Crippen LogP contribution in [0.25, 0.3) is 10.2 Å². The average molecular weight is 470 g/mol. The quantitative estimate of drug-likeness (QED) is 0.440. The monoisotopic (exact) mass is 469 g/mol. The van der Waals surface area contributed by atoms with Crippen LogP contribution in [0.4, 0.5) is 5.13 Å². The molecule has 0 saturated heterocycles. The highest BCUT2D eigenvalue weighted by Gasteiger charge is 2.26. The lowest BCUT2D eigenvalue weighted by atomic mass is 10.2. The fourth-order valence-electron chi connectivity index (χ4n) is 3.30. The van der Waals surface area contributed by atoms with Crippen molar-refractivity contribution in [3.05, 3.63) is 40.7 Å². The van der Waals surface area contributed by atoms with Crippen molar-refractivity contribution in [2.45, 2.75) is 40.7 Å². The summed E-state index contributed by atoms with van der Waals surface area (Å²) in [6.07, 6.45) is 1.68. The number of rotatable bonds is 8. The third-order valence-electron chi connectivity index (χ3n) is 5.07. The van der Waals surface area contributed by atoms with E-state index in [0.29, 0.717) is 22.4 Å². The second kappa shape index (κ2) is 10.6. The summed E-state index contributed by atoms with van der Waals surface area (Å²) in [7, 11) is 0. The van der Waals surface area contributed by atoms with Crippen LogP contribution in [0.5, 0.6) is 0 Å². The van der Waals surface area contributed by atoms with E-state index in [1.54, 1.807) is 21.8 Å². The van der Waals surface area contributed by atoms with E-state index in [9.17, 15) is 4.79 Å². The molecule has 0 aliphatic rings. The SMILES string of the molecule is CCN(CC)CCN(C(=O)c1ccnn1C(C)C)c1nc2c(C)ccc(Cl)c2s1.Cl. The first-order valence-electron chi connectivity index (χ1n) is 10.0. The van der Waals surface area contributed by atoms with Gasteiger partial charge in [-0.15, -0.1) is 12.4 Å². The first-order valence-corrected chi connectivity index (χ1v) is 11.2. The third kappa shape index (κ3) is 4.97. The molecule has 0 saturated carbocycles. The second-order valence-corrected chi connectivity index (χ2v) is 8.66. The normalized spacial score (nSPS) is 11.3. The Morgan fingerprint density at radius 3 is 2.50 bits per heavy atom. The lowest BCUT2D eigenvalue weighted by molar-refractivity contribution is 0.0971. The molecule has 0 spiro atoms. The number of halogens is 2. The Morgan fingerprint density at radius 2 is 1.90 bits per heavy atom. The maximum atomic E-state index is 13.5. The van der Waals surface area contributed by atoms with Gasteiger partial charge in [-0.05, 0) is 51.6 Å². The summed E-state index contributed by atoms with van der Waals surface area (Å²) in [5.41, 5.74) is 2.48. The van der Waals surface area contributed by atoms with E-state index in [1.165, 1.54) is 11.3 Å². The summed E-state index contributed by atoms with van der Waals surface area (Å²) < 4.78 is 2.68. The Morgan fingerprint density at radius 1 is 1.20 bits per heavy atom. The van der Waals surface area contributed by atoms with Crippen molar-refractivity contribution in [2.75, 3.05) is 31.1 Å². The summed E-state index contributed by atoms with van der Waals surface area (Å²) in [5.74, 6) is -0.0869. The van der Waals surface area contributed by atoms with Crippen molar-refractivity contribution in [3.63, 3.8) is 0 Å². The molecule has 1 amide bonds. The molecule has 0 bridgehead atoms. The summed E-state index contributed by atoms with van der Waals surface area (Å²) >= 11 is 7.88. The number of carbonyl (C=O) groups is 1. The molecule has 2 aromatic heterocycles. The summed E-state index contributed by atoms with van der Waals surface area (Å²) in [5, 5.41) is 5.67. The summed E-state index contributed by atoms with van der Waals surface area (Å²) in [6, 6.07) is 5.72. The lowest BCUT2D eigenvalue weighted by Crippen LogP contribution is -2.39. The van der Waals surface area contributed by atoms with Crippen LogP contribution in [-0.4, -0.2) is 51.8 Å². The number of hydrogen-bond donors (Lipinski definition) is 0. The largest absolute Gasteiger partial charge is 0.302 e. The molecule has 3 rings (SSSR count). The highest BCUT2D eigenvalue weighted by Crippen LogP contribution is 2.36. The standard InChI is InChI=1S/C21H28ClN5OS.ClH/c1-6-25(7-2)12-13-26(20(28)17-10-11-23-27(17)14(3)4)21-24-18-15(5)8-9-16(22)19(18)29-21;/h8-11,14H,6-7,12-13H2,1-5H3;1H. The van der Waals surface area contributed by atoms with E-state index in [4.69, 9.17) is 16.6 Å². The lowest BCUT2D eigenvalue weighted by Gasteiger charge is -2.25. The predicted octanol–water partition coefficient (Wildman–Crippen LogP) is 5.45. The minimum atomic E-state index is -0.0869. The fourth-order valence-corrected chi connectivity index (χ4v) is 4.65. The Labute approximate surface area is 193 Å². The predicted molar refractivity (Wildman–Crippen MR) is 129 cm³/mol. The number of thiazole rings is 1. The van der Waals surface area contributed by atoms with Crippen molar-refractivity contribution in [2.24, 2.45) is 0 Å². The van der Waals surface area contributed by atoms with Gasteiger partial charge >= 0.3 is 0 Å². The molecular formula is C21H29Cl2N5OS. The van der Waals surface area contributed by atoms with E-state index in [2.05, 4.69) is 23.8 Å². The Kier molecular flexibility index (Phi) is 8.67. The number of anilines is 1. The van der Waals surface area contributed by atoms with Gasteiger partial charge in [0.15, 0.2) is 5.13 Å². The molecule has 0 aliphatic heterocycles. The molecule has 0 aliphatic carbocycles. The second-order valence-electron chi connectivity index (χ2n) is 7.28. The zero-order valence-corrected chi connectivity index (χ0v) is 20.4. The molecule has 164 valence electrons. The molecule has 3 aromatic rings. The van der Waals surface area contributed by atoms with Gasteiger partial charge in [0.25, 0.3) is 5.91 Å². The van der Waals surface area contributed by atoms with Gasteiger partial charge in [0.2, 0.25) is 0 Å². The number of carbonyl (C=O) groups excluding carboxylic acids is 1. The van der Waals surface area contributed by atoms with Crippen LogP contribution in [0.2, 0.25) is 5.02 Å². The Hall–Kier alpha value is -1.67. The number of aromatic nitrogens is 3. The van der Waals surface area contributed by atoms with E-state index >= 15 is 0 Å². The number of fused-ring (bicyclic) bond motifs is 1. The zero-order chi connectivity index (χ0) is 21.1. The Bertz CT molecular complexity index is 958. The van der Waals surface area contributed by atoms with Gasteiger partial charge in [-0.3, -0.25) is 14.4 Å². The highest BCUT2D eigenvalue weighted by molar-refractivity contribution is 7.23. The molecule has 30 heavy (non-hydrogen) atoms. The number of amides is 1. The molecular weight excluding hydrogens is 441 g/mol. The highest BCUT2D eigenvalue weighted by atomic mass is 35.5. The molecule has 9 heteroatoms. The molecule has 1 aromatic carbocycles. The van der Waals surface area contributed by atoms with Crippen LogP contribution in [-0.2, 0) is 0 Å². The number of nitrogens with zero attached hydrogens (tertiary/aromatic N) is 5. The van der Waals surface area contributed by atoms with Crippen LogP contribution in [0.15, 0.2) is 24.4 Å². The minimum Gasteiger partial charge on any atom is -0.302 e. The van der Waals surface area contributed by atoms with Gasteiger partial charge in [0.05, 0.1) is 15.2 Å². The van der Waals surface area contributed by atoms with Crippen LogP contribution in [0.3, 0.4) is 0 Å². The first kappa shape index (κ1) is 24.6. The van der Waals surface area contributed by atoms with Crippen molar-refractivity contribution in [1.82, 2.24) is 19.7 Å². The van der Waals surface area contributed by atoms with Crippen molar-refractivity contribution in [1.29, 1.82) is 0 Å². The van der Waals surface area contributed by atoms with Crippen molar-refractivity contribution >= 4 is 56.6 Å². The van der Waals surface area contributed by atoms with E-state index in [1.807, 2.05) is 32.9 Å². The smallest absolute Gasteiger partial charge is 0.278 e. The van der Waals surface area contributed by atoms with Crippen molar-refractivity contribution in [3.8, 4) is 0 Å². The van der Waals surface area contributed by atoms with Crippen LogP contribution < -0.4 is 4.90 Å². The summed E-state index contributed by atoms with van der Waals surface area (Å²) in [4.78, 5) is 22.4. The number of aryl methyl sites for hydroxylation is 1. The van der Waals surface area contributed by atoms with Crippen molar-refractivity contribution < 1.29 is 4.79 Å². The molecule has 0 radical (unpaired) electrons. The van der Waals surface area contributed by atoms with Gasteiger partial charge in [0, 0.05) is 25.3 Å². The van der Waals surface area contributed by atoms with Gasteiger partial charge in [-0.25, -0.2) is 4.98 Å². The van der Waals surface area contributed by atoms with Crippen LogP contribution in [0, 0.1) is 6.92 Å². The third-order valence-corrected chi connectivity index (χ3v) is 6.61. The molecule has 2 heterocycles. The fraction of sp³-hybridized carbons (Fsp3) is 0.476. The van der Waals surface area contributed by atoms with Gasteiger partial charge in [-0.2, -0.15) is 5.10 Å². The van der Waals surface area contributed by atoms with E-state index < -0.39 is 0 Å². The molecule has 0 fully saturated rings. The number of hydrogen-bond acceptors (Lipinski definition) is 5. The van der Waals surface area contributed by atoms with E-state index in [-0.39, 0.29) is 24.4 Å². The van der Waals surface area contributed by atoms with Gasteiger partial charge in [0.1, 0.15) is 5.69 Å². The first-order chi connectivity index (χ1) is 13.9. The topological polar surface area (TPSA) is 54.3 Å². The Balaban J connectivity index is 0.00000320. The minimum absolute atomic E-state index is 0.